The molecule has 1 aromatic heterocycles. The quantitative estimate of drug-likeness (QED) is 0.841. The summed E-state index contributed by atoms with van der Waals surface area (Å²) in [5.41, 5.74) is 0.885. The van der Waals surface area contributed by atoms with E-state index in [2.05, 4.69) is 4.98 Å². The number of halogens is 3. The summed E-state index contributed by atoms with van der Waals surface area (Å²) in [7, 11) is 1.51. The Kier molecular flexibility index (Phi) is 4.04. The fraction of sp³-hybridized carbons (Fsp3) is 0.214. The third-order valence-corrected chi connectivity index (χ3v) is 2.71. The van der Waals surface area contributed by atoms with Crippen molar-refractivity contribution in [1.29, 1.82) is 0 Å². The van der Waals surface area contributed by atoms with E-state index in [1.54, 1.807) is 18.3 Å². The van der Waals surface area contributed by atoms with Gasteiger partial charge in [-0.15, -0.1) is 0 Å². The molecule has 1 heterocycles. The normalized spacial score (nSPS) is 10.8. The van der Waals surface area contributed by atoms with Crippen molar-refractivity contribution in [3.63, 3.8) is 0 Å². The van der Waals surface area contributed by atoms with Gasteiger partial charge in [0.25, 0.3) is 6.43 Å². The Labute approximate surface area is 108 Å². The van der Waals surface area contributed by atoms with E-state index < -0.39 is 17.8 Å². The maximum atomic E-state index is 13.1. The third-order valence-electron chi connectivity index (χ3n) is 2.71. The van der Waals surface area contributed by atoms with Crippen molar-refractivity contribution in [2.24, 2.45) is 0 Å². The number of alkyl halides is 2. The van der Waals surface area contributed by atoms with Gasteiger partial charge in [0, 0.05) is 12.3 Å². The van der Waals surface area contributed by atoms with E-state index in [-0.39, 0.29) is 0 Å². The molecule has 0 spiro atoms. The Balaban J connectivity index is 2.20. The van der Waals surface area contributed by atoms with Gasteiger partial charge in [0.05, 0.1) is 12.7 Å². The van der Waals surface area contributed by atoms with Crippen LogP contribution in [0.15, 0.2) is 36.5 Å². The van der Waals surface area contributed by atoms with Crippen LogP contribution in [0.25, 0.3) is 0 Å². The molecule has 2 aromatic rings. The lowest BCUT2D eigenvalue weighted by molar-refractivity contribution is 0.146. The Bertz CT molecular complexity index is 555. The van der Waals surface area contributed by atoms with Crippen LogP contribution in [0.4, 0.5) is 13.2 Å². The molecule has 1 aromatic carbocycles. The number of nitrogens with zero attached hydrogens (tertiary/aromatic N) is 1. The fourth-order valence-electron chi connectivity index (χ4n) is 1.74. The standard InChI is InChI=1S/C14H12F3NO/c1-19-13-5-3-10(8-18-13)6-9-2-4-12(15)11(7-9)14(16)17/h2-5,7-8,14H,6H2,1H3. The van der Waals surface area contributed by atoms with Crippen molar-refractivity contribution in [2.45, 2.75) is 12.8 Å². The van der Waals surface area contributed by atoms with Gasteiger partial charge in [-0.3, -0.25) is 0 Å². The second kappa shape index (κ2) is 5.73. The van der Waals surface area contributed by atoms with Crippen LogP contribution in [0.3, 0.4) is 0 Å². The first-order valence-corrected chi connectivity index (χ1v) is 5.65. The summed E-state index contributed by atoms with van der Waals surface area (Å²) in [6.07, 6.45) is -0.796. The molecule has 0 atom stereocenters. The average Bonchev–Trinajstić information content (AvgIpc) is 2.41. The average molecular weight is 267 g/mol. The lowest BCUT2D eigenvalue weighted by Crippen LogP contribution is -1.96. The summed E-state index contributed by atoms with van der Waals surface area (Å²) in [5, 5.41) is 0. The van der Waals surface area contributed by atoms with Crippen LogP contribution in [-0.2, 0) is 6.42 Å². The molecule has 0 aliphatic heterocycles. The zero-order valence-corrected chi connectivity index (χ0v) is 10.2. The molecule has 0 N–H and O–H groups in total. The first-order chi connectivity index (χ1) is 9.10. The monoisotopic (exact) mass is 267 g/mol. The Morgan fingerprint density at radius 2 is 1.89 bits per heavy atom. The van der Waals surface area contributed by atoms with Crippen LogP contribution in [0, 0.1) is 5.82 Å². The third kappa shape index (κ3) is 3.24. The van der Waals surface area contributed by atoms with Crippen LogP contribution in [-0.4, -0.2) is 12.1 Å². The molecular weight excluding hydrogens is 255 g/mol. The van der Waals surface area contributed by atoms with Gasteiger partial charge in [-0.2, -0.15) is 0 Å². The van der Waals surface area contributed by atoms with Crippen LogP contribution in [0.2, 0.25) is 0 Å². The molecule has 2 rings (SSSR count). The van der Waals surface area contributed by atoms with Gasteiger partial charge in [-0.25, -0.2) is 18.2 Å². The molecule has 0 fully saturated rings. The number of hydrogen-bond acceptors (Lipinski definition) is 2. The number of methoxy groups -OCH3 is 1. The lowest BCUT2D eigenvalue weighted by Gasteiger charge is -2.06. The molecular formula is C14H12F3NO. The molecule has 0 aliphatic rings. The molecule has 0 aliphatic carbocycles. The van der Waals surface area contributed by atoms with Gasteiger partial charge in [-0.1, -0.05) is 12.1 Å². The summed E-state index contributed by atoms with van der Waals surface area (Å²) in [6.45, 7) is 0. The highest BCUT2D eigenvalue weighted by atomic mass is 19.3. The van der Waals surface area contributed by atoms with Gasteiger partial charge in [-0.05, 0) is 29.7 Å². The second-order valence-corrected chi connectivity index (χ2v) is 4.04. The predicted octanol–water partition coefficient (Wildman–Crippen LogP) is 3.76. The number of aromatic nitrogens is 1. The van der Waals surface area contributed by atoms with Crippen LogP contribution >= 0.6 is 0 Å². The van der Waals surface area contributed by atoms with Gasteiger partial charge in [0.2, 0.25) is 5.88 Å². The molecule has 100 valence electrons. The molecule has 0 saturated heterocycles. The van der Waals surface area contributed by atoms with E-state index in [1.165, 1.54) is 19.2 Å². The highest BCUT2D eigenvalue weighted by Crippen LogP contribution is 2.24. The summed E-state index contributed by atoms with van der Waals surface area (Å²) >= 11 is 0. The van der Waals surface area contributed by atoms with Gasteiger partial charge in [0.15, 0.2) is 0 Å². The minimum absolute atomic E-state index is 0.414. The number of benzene rings is 1. The molecule has 0 bridgehead atoms. The number of pyridine rings is 1. The molecule has 5 heteroatoms. The number of rotatable bonds is 4. The maximum Gasteiger partial charge on any atom is 0.266 e. The largest absolute Gasteiger partial charge is 0.481 e. The first kappa shape index (κ1) is 13.4. The van der Waals surface area contributed by atoms with Crippen molar-refractivity contribution in [1.82, 2.24) is 4.98 Å². The van der Waals surface area contributed by atoms with Crippen molar-refractivity contribution in [3.05, 3.63) is 59.0 Å². The zero-order valence-electron chi connectivity index (χ0n) is 10.2. The van der Waals surface area contributed by atoms with Gasteiger partial charge >= 0.3 is 0 Å². The molecule has 0 saturated carbocycles. The van der Waals surface area contributed by atoms with E-state index in [0.717, 1.165) is 11.6 Å². The Morgan fingerprint density at radius 3 is 2.47 bits per heavy atom. The predicted molar refractivity (Wildman–Crippen MR) is 65.0 cm³/mol. The van der Waals surface area contributed by atoms with E-state index in [1.807, 2.05) is 0 Å². The zero-order chi connectivity index (χ0) is 13.8. The van der Waals surface area contributed by atoms with E-state index in [4.69, 9.17) is 4.74 Å². The highest BCUT2D eigenvalue weighted by molar-refractivity contribution is 5.31. The van der Waals surface area contributed by atoms with Crippen molar-refractivity contribution in [3.8, 4) is 5.88 Å². The van der Waals surface area contributed by atoms with Crippen LogP contribution < -0.4 is 4.74 Å². The Morgan fingerprint density at radius 1 is 1.16 bits per heavy atom. The maximum absolute atomic E-state index is 13.1. The van der Waals surface area contributed by atoms with Gasteiger partial charge < -0.3 is 4.74 Å². The highest BCUT2D eigenvalue weighted by Gasteiger charge is 2.13. The molecule has 2 nitrogen and oxygen atoms in total. The van der Waals surface area contributed by atoms with E-state index in [0.29, 0.717) is 17.9 Å². The van der Waals surface area contributed by atoms with Crippen LogP contribution in [0.1, 0.15) is 23.1 Å². The topological polar surface area (TPSA) is 22.1 Å². The molecule has 0 radical (unpaired) electrons. The van der Waals surface area contributed by atoms with Crippen molar-refractivity contribution >= 4 is 0 Å². The summed E-state index contributed by atoms with van der Waals surface area (Å²) in [5.74, 6) is -0.400. The number of ether oxygens (including phenoxy) is 1. The summed E-state index contributed by atoms with van der Waals surface area (Å²) < 4.78 is 43.2. The molecule has 19 heavy (non-hydrogen) atoms. The smallest absolute Gasteiger partial charge is 0.266 e. The number of hydrogen-bond donors (Lipinski definition) is 0. The summed E-state index contributed by atoms with van der Waals surface area (Å²) in [4.78, 5) is 4.02. The van der Waals surface area contributed by atoms with E-state index >= 15 is 0 Å². The van der Waals surface area contributed by atoms with E-state index in [9.17, 15) is 13.2 Å². The van der Waals surface area contributed by atoms with Crippen molar-refractivity contribution < 1.29 is 17.9 Å². The minimum atomic E-state index is -2.81. The second-order valence-electron chi connectivity index (χ2n) is 4.04. The molecule has 0 unspecified atom stereocenters. The first-order valence-electron chi connectivity index (χ1n) is 5.65. The molecule has 0 amide bonds. The SMILES string of the molecule is COc1ccc(Cc2ccc(F)c(C(F)F)c2)cn1. The Hall–Kier alpha value is -2.04. The fourth-order valence-corrected chi connectivity index (χ4v) is 1.74. The minimum Gasteiger partial charge on any atom is -0.481 e. The van der Waals surface area contributed by atoms with Crippen molar-refractivity contribution in [2.75, 3.05) is 7.11 Å². The lowest BCUT2D eigenvalue weighted by atomic mass is 10.0. The van der Waals surface area contributed by atoms with Crippen LogP contribution in [0.5, 0.6) is 5.88 Å². The summed E-state index contributed by atoms with van der Waals surface area (Å²) in [6, 6.07) is 7.22. The van der Waals surface area contributed by atoms with Gasteiger partial charge in [0.1, 0.15) is 5.82 Å².